The Kier molecular flexibility index (Phi) is 7.16. The predicted molar refractivity (Wildman–Crippen MR) is 99.7 cm³/mol. The molecule has 0 aliphatic carbocycles. The smallest absolute Gasteiger partial charge is 0.278 e. The van der Waals surface area contributed by atoms with Gasteiger partial charge in [0.2, 0.25) is 10.0 Å². The van der Waals surface area contributed by atoms with Crippen LogP contribution in [0.25, 0.3) is 0 Å². The van der Waals surface area contributed by atoms with E-state index in [1.807, 2.05) is 26.8 Å². The van der Waals surface area contributed by atoms with Gasteiger partial charge >= 0.3 is 0 Å². The van der Waals surface area contributed by atoms with Crippen molar-refractivity contribution in [1.82, 2.24) is 9.62 Å². The molecule has 1 fully saturated rings. The molecule has 0 spiro atoms. The summed E-state index contributed by atoms with van der Waals surface area (Å²) in [6.07, 6.45) is 0. The van der Waals surface area contributed by atoms with E-state index < -0.39 is 10.0 Å². The maximum atomic E-state index is 12.9. The van der Waals surface area contributed by atoms with Gasteiger partial charge in [-0.3, -0.25) is 4.79 Å². The van der Waals surface area contributed by atoms with Crippen molar-refractivity contribution in [1.29, 1.82) is 0 Å². The van der Waals surface area contributed by atoms with Crippen LogP contribution < -0.4 is 10.2 Å². The number of nitrogens with zero attached hydrogens (tertiary/aromatic N) is 1. The molecule has 2 rings (SSSR count). The van der Waals surface area contributed by atoms with E-state index in [0.717, 1.165) is 16.0 Å². The first-order valence-electron chi connectivity index (χ1n) is 8.96. The standard InChI is InChI=1S/C18H29N3O4S/c1-14-5-6-17(13-15(14)2)26(23,24)21-10-8-20(9-11-21)16(3)18(22)19-7-12-25-4/h5-6,13,16H,7-12H2,1-4H3,(H,19,22)/p+1/t16-/m1/s1. The van der Waals surface area contributed by atoms with Crippen LogP contribution in [0.5, 0.6) is 0 Å². The van der Waals surface area contributed by atoms with Crippen molar-refractivity contribution < 1.29 is 22.8 Å². The monoisotopic (exact) mass is 384 g/mol. The Morgan fingerprint density at radius 2 is 1.92 bits per heavy atom. The van der Waals surface area contributed by atoms with Crippen LogP contribution in [-0.4, -0.2) is 71.1 Å². The van der Waals surface area contributed by atoms with Gasteiger partial charge in [-0.05, 0) is 44.0 Å². The van der Waals surface area contributed by atoms with Crippen molar-refractivity contribution >= 4 is 15.9 Å². The zero-order chi connectivity index (χ0) is 19.3. The third-order valence-electron chi connectivity index (χ3n) is 5.09. The molecule has 146 valence electrons. The van der Waals surface area contributed by atoms with E-state index in [1.54, 1.807) is 19.2 Å². The minimum atomic E-state index is -3.49. The molecule has 0 aromatic heterocycles. The van der Waals surface area contributed by atoms with Gasteiger partial charge in [0.15, 0.2) is 6.04 Å². The number of amides is 1. The number of ether oxygens (including phenoxy) is 1. The number of quaternary nitrogens is 1. The molecule has 26 heavy (non-hydrogen) atoms. The Balaban J connectivity index is 1.96. The van der Waals surface area contributed by atoms with Gasteiger partial charge in [-0.25, -0.2) is 8.42 Å². The number of carbonyl (C=O) groups is 1. The lowest BCUT2D eigenvalue weighted by Gasteiger charge is -2.34. The average Bonchev–Trinajstić information content (AvgIpc) is 2.63. The van der Waals surface area contributed by atoms with Gasteiger partial charge in [0.25, 0.3) is 5.91 Å². The molecule has 1 aliphatic rings. The summed E-state index contributed by atoms with van der Waals surface area (Å²) < 4.78 is 32.2. The summed E-state index contributed by atoms with van der Waals surface area (Å²) in [6.45, 7) is 8.79. The fraction of sp³-hybridized carbons (Fsp3) is 0.611. The van der Waals surface area contributed by atoms with Crippen LogP contribution in [0.15, 0.2) is 23.1 Å². The van der Waals surface area contributed by atoms with Crippen LogP contribution in [0.1, 0.15) is 18.1 Å². The number of carbonyl (C=O) groups excluding carboxylic acids is 1. The summed E-state index contributed by atoms with van der Waals surface area (Å²) in [5, 5.41) is 2.84. The lowest BCUT2D eigenvalue weighted by molar-refractivity contribution is -0.917. The van der Waals surface area contributed by atoms with Crippen molar-refractivity contribution in [3.05, 3.63) is 29.3 Å². The van der Waals surface area contributed by atoms with Gasteiger partial charge in [-0.1, -0.05) is 6.07 Å². The van der Waals surface area contributed by atoms with E-state index in [2.05, 4.69) is 5.32 Å². The summed E-state index contributed by atoms with van der Waals surface area (Å²) in [6, 6.07) is 5.03. The van der Waals surface area contributed by atoms with Gasteiger partial charge in [0.1, 0.15) is 0 Å². The molecular formula is C18H30N3O4S+. The SMILES string of the molecule is COCCNC(=O)[C@@H](C)[NH+]1CCN(S(=O)(=O)c2ccc(C)c(C)c2)CC1. The lowest BCUT2D eigenvalue weighted by Crippen LogP contribution is -3.19. The molecule has 0 bridgehead atoms. The topological polar surface area (TPSA) is 80.2 Å². The first-order valence-corrected chi connectivity index (χ1v) is 10.4. The van der Waals surface area contributed by atoms with E-state index >= 15 is 0 Å². The molecule has 8 heteroatoms. The van der Waals surface area contributed by atoms with Crippen LogP contribution in [-0.2, 0) is 19.6 Å². The molecule has 1 atom stereocenters. The molecule has 7 nitrogen and oxygen atoms in total. The molecule has 1 aliphatic heterocycles. The number of hydrogen-bond acceptors (Lipinski definition) is 4. The van der Waals surface area contributed by atoms with Crippen molar-refractivity contribution in [2.45, 2.75) is 31.7 Å². The Bertz CT molecular complexity index is 728. The molecule has 1 aromatic carbocycles. The van der Waals surface area contributed by atoms with Crippen molar-refractivity contribution in [3.63, 3.8) is 0 Å². The molecule has 0 unspecified atom stereocenters. The van der Waals surface area contributed by atoms with Crippen molar-refractivity contribution in [3.8, 4) is 0 Å². The van der Waals surface area contributed by atoms with E-state index in [-0.39, 0.29) is 11.9 Å². The van der Waals surface area contributed by atoms with E-state index in [9.17, 15) is 13.2 Å². The Morgan fingerprint density at radius 3 is 2.50 bits per heavy atom. The summed E-state index contributed by atoms with van der Waals surface area (Å²) in [7, 11) is -1.89. The van der Waals surface area contributed by atoms with Crippen molar-refractivity contribution in [2.24, 2.45) is 0 Å². The highest BCUT2D eigenvalue weighted by Gasteiger charge is 2.34. The normalized spacial score (nSPS) is 17.8. The van der Waals surface area contributed by atoms with Gasteiger partial charge in [-0.2, -0.15) is 4.31 Å². The molecular weight excluding hydrogens is 354 g/mol. The van der Waals surface area contributed by atoms with Gasteiger partial charge in [-0.15, -0.1) is 0 Å². The van der Waals surface area contributed by atoms with Gasteiger partial charge in [0, 0.05) is 13.7 Å². The largest absolute Gasteiger partial charge is 0.383 e. The first kappa shape index (κ1) is 20.8. The number of rotatable bonds is 7. The average molecular weight is 385 g/mol. The number of hydrogen-bond donors (Lipinski definition) is 2. The van der Waals surface area contributed by atoms with Crippen LogP contribution in [0.3, 0.4) is 0 Å². The molecule has 0 radical (unpaired) electrons. The predicted octanol–water partition coefficient (Wildman–Crippen LogP) is -0.656. The summed E-state index contributed by atoms with van der Waals surface area (Å²) in [5.41, 5.74) is 2.04. The summed E-state index contributed by atoms with van der Waals surface area (Å²) in [4.78, 5) is 13.6. The first-order chi connectivity index (χ1) is 12.3. The zero-order valence-electron chi connectivity index (χ0n) is 16.0. The minimum Gasteiger partial charge on any atom is -0.383 e. The van der Waals surface area contributed by atoms with E-state index in [4.69, 9.17) is 4.74 Å². The van der Waals surface area contributed by atoms with Gasteiger partial charge in [0.05, 0.1) is 37.7 Å². The third kappa shape index (κ3) is 4.82. The fourth-order valence-electron chi connectivity index (χ4n) is 3.09. The summed E-state index contributed by atoms with van der Waals surface area (Å²) in [5.74, 6) is -0.0254. The second kappa shape index (κ2) is 8.94. The number of benzene rings is 1. The number of nitrogens with one attached hydrogen (secondary N) is 2. The minimum absolute atomic E-state index is 0.0254. The number of aryl methyl sites for hydroxylation is 2. The Labute approximate surface area is 156 Å². The van der Waals surface area contributed by atoms with Crippen molar-refractivity contribution in [2.75, 3.05) is 46.4 Å². The number of methoxy groups -OCH3 is 1. The maximum Gasteiger partial charge on any atom is 0.278 e. The van der Waals surface area contributed by atoms with Crippen LogP contribution in [0.4, 0.5) is 0 Å². The van der Waals surface area contributed by atoms with Crippen LogP contribution in [0, 0.1) is 13.8 Å². The summed E-state index contributed by atoms with van der Waals surface area (Å²) >= 11 is 0. The molecule has 1 amide bonds. The lowest BCUT2D eigenvalue weighted by atomic mass is 10.1. The Morgan fingerprint density at radius 1 is 1.27 bits per heavy atom. The fourth-order valence-corrected chi connectivity index (χ4v) is 4.61. The maximum absolute atomic E-state index is 12.9. The number of piperazine rings is 1. The van der Waals surface area contributed by atoms with Gasteiger partial charge < -0.3 is 15.0 Å². The highest BCUT2D eigenvalue weighted by molar-refractivity contribution is 7.89. The van der Waals surface area contributed by atoms with Crippen LogP contribution in [0.2, 0.25) is 0 Å². The highest BCUT2D eigenvalue weighted by atomic mass is 32.2. The third-order valence-corrected chi connectivity index (χ3v) is 6.99. The van der Waals surface area contributed by atoms with Crippen LogP contribution >= 0.6 is 0 Å². The van der Waals surface area contributed by atoms with E-state index in [1.165, 1.54) is 4.31 Å². The molecule has 1 heterocycles. The number of sulfonamides is 1. The quantitative estimate of drug-likeness (QED) is 0.612. The van der Waals surface area contributed by atoms with E-state index in [0.29, 0.717) is 44.2 Å². The Hall–Kier alpha value is -1.48. The zero-order valence-corrected chi connectivity index (χ0v) is 16.9. The second-order valence-electron chi connectivity index (χ2n) is 6.81. The molecule has 0 saturated carbocycles. The highest BCUT2D eigenvalue weighted by Crippen LogP contribution is 2.19. The second-order valence-corrected chi connectivity index (χ2v) is 8.75. The molecule has 1 aromatic rings. The molecule has 1 saturated heterocycles. The molecule has 2 N–H and O–H groups in total.